The van der Waals surface area contributed by atoms with Crippen LogP contribution in [-0.2, 0) is 0 Å². The largest absolute Gasteiger partial charge is 0.474 e. The van der Waals surface area contributed by atoms with E-state index in [-0.39, 0.29) is 0 Å². The fourth-order valence-corrected chi connectivity index (χ4v) is 4.95. The van der Waals surface area contributed by atoms with Gasteiger partial charge in [0.25, 0.3) is 0 Å². The zero-order valence-electron chi connectivity index (χ0n) is 13.3. The second-order valence-electron chi connectivity index (χ2n) is 7.41. The van der Waals surface area contributed by atoms with E-state index in [1.165, 1.54) is 38.0 Å². The molecule has 0 amide bonds. The van der Waals surface area contributed by atoms with Gasteiger partial charge in [0, 0.05) is 49.3 Å². The number of pyridine rings is 1. The zero-order valence-corrected chi connectivity index (χ0v) is 13.3. The fraction of sp³-hybridized carbons (Fsp3) is 0.450. The molecule has 2 aromatic rings. The number of ether oxygens (including phenoxy) is 1. The van der Waals surface area contributed by atoms with Gasteiger partial charge in [-0.2, -0.15) is 0 Å². The monoisotopic (exact) mass is 306 g/mol. The first-order valence-electron chi connectivity index (χ1n) is 8.75. The van der Waals surface area contributed by atoms with E-state index in [0.717, 1.165) is 17.4 Å². The molecular weight excluding hydrogens is 284 g/mol. The SMILES string of the molecule is c1ccc(-c2ccc(OC3[C@@H]4CC5C[C@@H]3CN(C5)C4)nc2)cc1. The molecular formula is C20H22N2O. The molecule has 3 saturated heterocycles. The molecule has 4 aliphatic rings. The molecule has 4 fully saturated rings. The Morgan fingerprint density at radius 3 is 2.30 bits per heavy atom. The number of benzene rings is 1. The lowest BCUT2D eigenvalue weighted by molar-refractivity contribution is -0.0997. The van der Waals surface area contributed by atoms with Gasteiger partial charge in [-0.3, -0.25) is 0 Å². The van der Waals surface area contributed by atoms with Crippen LogP contribution in [0.15, 0.2) is 48.7 Å². The van der Waals surface area contributed by atoms with Gasteiger partial charge in [0.15, 0.2) is 0 Å². The van der Waals surface area contributed by atoms with Crippen LogP contribution in [0, 0.1) is 17.8 Å². The zero-order chi connectivity index (χ0) is 15.2. The normalized spacial score (nSPS) is 34.5. The first-order valence-corrected chi connectivity index (χ1v) is 8.75. The van der Waals surface area contributed by atoms with Crippen LogP contribution in [0.25, 0.3) is 11.1 Å². The van der Waals surface area contributed by atoms with Gasteiger partial charge in [-0.1, -0.05) is 30.3 Å². The number of piperidine rings is 3. The van der Waals surface area contributed by atoms with Crippen LogP contribution in [0.2, 0.25) is 0 Å². The number of aromatic nitrogens is 1. The highest BCUT2D eigenvalue weighted by Crippen LogP contribution is 2.44. The molecule has 0 spiro atoms. The van der Waals surface area contributed by atoms with Crippen molar-refractivity contribution in [1.29, 1.82) is 0 Å². The average Bonchev–Trinajstić information content (AvgIpc) is 2.59. The van der Waals surface area contributed by atoms with Gasteiger partial charge in [0.05, 0.1) is 0 Å². The molecule has 4 bridgehead atoms. The van der Waals surface area contributed by atoms with Crippen molar-refractivity contribution in [2.24, 2.45) is 17.8 Å². The Morgan fingerprint density at radius 1 is 0.870 bits per heavy atom. The van der Waals surface area contributed by atoms with Crippen LogP contribution in [0.3, 0.4) is 0 Å². The predicted octanol–water partition coefficient (Wildman–Crippen LogP) is 3.47. The van der Waals surface area contributed by atoms with Gasteiger partial charge in [0.1, 0.15) is 6.10 Å². The summed E-state index contributed by atoms with van der Waals surface area (Å²) in [6, 6.07) is 14.5. The highest BCUT2D eigenvalue weighted by atomic mass is 16.5. The first-order chi connectivity index (χ1) is 11.3. The van der Waals surface area contributed by atoms with E-state index in [0.29, 0.717) is 17.9 Å². The molecule has 3 nitrogen and oxygen atoms in total. The number of hydrogen-bond acceptors (Lipinski definition) is 3. The molecule has 2 atom stereocenters. The van der Waals surface area contributed by atoms with Crippen LogP contribution >= 0.6 is 0 Å². The lowest BCUT2D eigenvalue weighted by Crippen LogP contribution is -2.61. The Hall–Kier alpha value is -1.87. The molecule has 1 aromatic carbocycles. The number of rotatable bonds is 3. The van der Waals surface area contributed by atoms with Crippen molar-refractivity contribution in [1.82, 2.24) is 9.88 Å². The molecule has 1 aliphatic carbocycles. The second-order valence-corrected chi connectivity index (χ2v) is 7.41. The summed E-state index contributed by atoms with van der Waals surface area (Å²) in [4.78, 5) is 7.21. The number of nitrogens with zero attached hydrogens (tertiary/aromatic N) is 2. The van der Waals surface area contributed by atoms with E-state index < -0.39 is 0 Å². The number of hydrogen-bond donors (Lipinski definition) is 0. The summed E-state index contributed by atoms with van der Waals surface area (Å²) in [5, 5.41) is 0. The summed E-state index contributed by atoms with van der Waals surface area (Å²) in [5.41, 5.74) is 2.35. The van der Waals surface area contributed by atoms with E-state index in [1.54, 1.807) is 0 Å². The molecule has 23 heavy (non-hydrogen) atoms. The predicted molar refractivity (Wildman–Crippen MR) is 90.2 cm³/mol. The Labute approximate surface area is 137 Å². The van der Waals surface area contributed by atoms with Crippen molar-refractivity contribution in [3.05, 3.63) is 48.7 Å². The van der Waals surface area contributed by atoms with Gasteiger partial charge in [-0.25, -0.2) is 4.98 Å². The van der Waals surface area contributed by atoms with Gasteiger partial charge in [-0.05, 0) is 30.4 Å². The average molecular weight is 306 g/mol. The minimum Gasteiger partial charge on any atom is -0.474 e. The van der Waals surface area contributed by atoms with E-state index in [1.807, 2.05) is 18.3 Å². The molecule has 3 heteroatoms. The Kier molecular flexibility index (Phi) is 3.15. The van der Waals surface area contributed by atoms with Gasteiger partial charge in [-0.15, -0.1) is 0 Å². The Bertz CT molecular complexity index is 655. The summed E-state index contributed by atoms with van der Waals surface area (Å²) < 4.78 is 6.34. The van der Waals surface area contributed by atoms with E-state index in [4.69, 9.17) is 4.74 Å². The highest BCUT2D eigenvalue weighted by Gasteiger charge is 2.48. The lowest BCUT2D eigenvalue weighted by Gasteiger charge is -2.55. The topological polar surface area (TPSA) is 25.4 Å². The van der Waals surface area contributed by atoms with Gasteiger partial charge in [0.2, 0.25) is 5.88 Å². The molecule has 0 unspecified atom stereocenters. The molecule has 1 aromatic heterocycles. The molecule has 1 saturated carbocycles. The van der Waals surface area contributed by atoms with E-state index in [9.17, 15) is 0 Å². The van der Waals surface area contributed by atoms with Crippen molar-refractivity contribution in [3.63, 3.8) is 0 Å². The fourth-order valence-electron chi connectivity index (χ4n) is 4.95. The molecule has 0 radical (unpaired) electrons. The Balaban J connectivity index is 1.33. The van der Waals surface area contributed by atoms with Crippen LogP contribution in [0.4, 0.5) is 0 Å². The van der Waals surface area contributed by atoms with Crippen molar-refractivity contribution in [2.75, 3.05) is 19.6 Å². The summed E-state index contributed by atoms with van der Waals surface area (Å²) in [6.07, 6.45) is 5.00. The molecule has 6 rings (SSSR count). The molecule has 4 heterocycles. The Morgan fingerprint density at radius 2 is 1.65 bits per heavy atom. The van der Waals surface area contributed by atoms with Crippen LogP contribution in [0.5, 0.6) is 5.88 Å². The quantitative estimate of drug-likeness (QED) is 0.868. The maximum atomic E-state index is 6.34. The third-order valence-corrected chi connectivity index (χ3v) is 5.80. The second kappa shape index (κ2) is 5.34. The molecule has 3 aliphatic heterocycles. The minimum atomic E-state index is 0.373. The van der Waals surface area contributed by atoms with Crippen molar-refractivity contribution < 1.29 is 4.74 Å². The van der Waals surface area contributed by atoms with Crippen LogP contribution in [0.1, 0.15) is 12.8 Å². The van der Waals surface area contributed by atoms with Crippen molar-refractivity contribution in [3.8, 4) is 17.0 Å². The maximum Gasteiger partial charge on any atom is 0.213 e. The summed E-state index contributed by atoms with van der Waals surface area (Å²) in [5.74, 6) is 3.12. The maximum absolute atomic E-state index is 6.34. The molecule has 0 N–H and O–H groups in total. The summed E-state index contributed by atoms with van der Waals surface area (Å²) in [6.45, 7) is 3.77. The first kappa shape index (κ1) is 13.6. The summed E-state index contributed by atoms with van der Waals surface area (Å²) in [7, 11) is 0. The lowest BCUT2D eigenvalue weighted by atomic mass is 9.66. The third kappa shape index (κ3) is 2.43. The smallest absolute Gasteiger partial charge is 0.213 e. The van der Waals surface area contributed by atoms with Gasteiger partial charge >= 0.3 is 0 Å². The van der Waals surface area contributed by atoms with Crippen LogP contribution in [-0.4, -0.2) is 35.6 Å². The van der Waals surface area contributed by atoms with Crippen LogP contribution < -0.4 is 4.74 Å². The minimum absolute atomic E-state index is 0.373. The molecule has 118 valence electrons. The van der Waals surface area contributed by atoms with E-state index in [2.05, 4.69) is 40.2 Å². The third-order valence-electron chi connectivity index (χ3n) is 5.80. The van der Waals surface area contributed by atoms with Crippen molar-refractivity contribution in [2.45, 2.75) is 18.9 Å². The standard InChI is InChI=1S/C20H22N2O/c1-2-4-15(5-3-1)16-6-7-19(21-10-16)23-20-17-8-14-9-18(20)13-22(11-14)12-17/h1-7,10,14,17-18,20H,8-9,11-13H2/t14?,17-,18-,20?/m1/s1. The van der Waals surface area contributed by atoms with Gasteiger partial charge < -0.3 is 9.64 Å². The summed E-state index contributed by atoms with van der Waals surface area (Å²) >= 11 is 0. The van der Waals surface area contributed by atoms with E-state index >= 15 is 0 Å². The highest BCUT2D eigenvalue weighted by molar-refractivity contribution is 5.62. The van der Waals surface area contributed by atoms with Crippen molar-refractivity contribution >= 4 is 0 Å².